The molecule has 1 aliphatic carbocycles. The third kappa shape index (κ3) is 5.20. The maximum Gasteiger partial charge on any atom is 0.315 e. The van der Waals surface area contributed by atoms with Gasteiger partial charge >= 0.3 is 6.03 Å². The van der Waals surface area contributed by atoms with Gasteiger partial charge in [-0.25, -0.2) is 9.18 Å². The summed E-state index contributed by atoms with van der Waals surface area (Å²) in [6.07, 6.45) is 5.33. The molecule has 1 aromatic rings. The second-order valence-electron chi connectivity index (χ2n) is 6.10. The molecule has 3 nitrogen and oxygen atoms in total. The normalized spacial score (nSPS) is 21.5. The van der Waals surface area contributed by atoms with Crippen LogP contribution in [0.15, 0.2) is 29.2 Å². The van der Waals surface area contributed by atoms with E-state index >= 15 is 0 Å². The van der Waals surface area contributed by atoms with Gasteiger partial charge in [0.15, 0.2) is 0 Å². The van der Waals surface area contributed by atoms with Crippen molar-refractivity contribution in [1.29, 1.82) is 0 Å². The summed E-state index contributed by atoms with van der Waals surface area (Å²) in [6.45, 7) is 2.96. The van der Waals surface area contributed by atoms with E-state index in [2.05, 4.69) is 6.92 Å². The Morgan fingerprint density at radius 2 is 2.09 bits per heavy atom. The Bertz CT molecular complexity index is 489. The van der Waals surface area contributed by atoms with E-state index < -0.39 is 0 Å². The molecule has 0 heterocycles. The van der Waals surface area contributed by atoms with Crippen LogP contribution in [-0.4, -0.2) is 29.3 Å². The maximum absolute atomic E-state index is 13.1. The molecule has 5 heteroatoms. The fourth-order valence-corrected chi connectivity index (χ4v) is 3.89. The molecule has 122 valence electrons. The zero-order valence-electron chi connectivity index (χ0n) is 13.1. The number of urea groups is 1. The number of benzene rings is 1. The number of carbonyl (C=O) groups is 1. The molecule has 0 aliphatic heterocycles. The Labute approximate surface area is 136 Å². The number of thioether (sulfide) groups is 1. The van der Waals surface area contributed by atoms with Crippen LogP contribution in [0, 0.1) is 11.7 Å². The van der Waals surface area contributed by atoms with E-state index in [1.165, 1.54) is 18.9 Å². The molecule has 1 aromatic carbocycles. The highest BCUT2D eigenvalue weighted by Crippen LogP contribution is 2.27. The van der Waals surface area contributed by atoms with Gasteiger partial charge in [-0.15, -0.1) is 11.8 Å². The largest absolute Gasteiger partial charge is 0.351 e. The number of amides is 2. The molecule has 1 aliphatic rings. The lowest BCUT2D eigenvalue weighted by Gasteiger charge is -2.35. The summed E-state index contributed by atoms with van der Waals surface area (Å²) in [5.74, 6) is 1.41. The topological polar surface area (TPSA) is 46.3 Å². The third-order valence-corrected chi connectivity index (χ3v) is 5.40. The highest BCUT2D eigenvalue weighted by atomic mass is 32.2. The molecule has 0 saturated heterocycles. The van der Waals surface area contributed by atoms with Crippen molar-refractivity contribution in [2.45, 2.75) is 50.0 Å². The number of nitrogens with two attached hydrogens (primary N) is 1. The van der Waals surface area contributed by atoms with E-state index in [1.807, 2.05) is 11.0 Å². The summed E-state index contributed by atoms with van der Waals surface area (Å²) < 4.78 is 13.1. The van der Waals surface area contributed by atoms with Gasteiger partial charge in [-0.3, -0.25) is 0 Å². The zero-order chi connectivity index (χ0) is 15.9. The van der Waals surface area contributed by atoms with Crippen LogP contribution in [0.3, 0.4) is 0 Å². The molecular formula is C17H25FN2OS. The van der Waals surface area contributed by atoms with Crippen LogP contribution in [0.5, 0.6) is 0 Å². The van der Waals surface area contributed by atoms with Crippen molar-refractivity contribution < 1.29 is 9.18 Å². The van der Waals surface area contributed by atoms with E-state index in [0.29, 0.717) is 12.6 Å². The Morgan fingerprint density at radius 1 is 1.36 bits per heavy atom. The van der Waals surface area contributed by atoms with Crippen molar-refractivity contribution in [1.82, 2.24) is 4.90 Å². The van der Waals surface area contributed by atoms with Gasteiger partial charge in [-0.2, -0.15) is 0 Å². The van der Waals surface area contributed by atoms with Crippen LogP contribution in [-0.2, 0) is 0 Å². The summed E-state index contributed by atoms with van der Waals surface area (Å²) in [6, 6.07) is 6.60. The summed E-state index contributed by atoms with van der Waals surface area (Å²) in [5, 5.41) is 0. The average molecular weight is 324 g/mol. The molecule has 2 N–H and O–H groups in total. The van der Waals surface area contributed by atoms with Gasteiger partial charge in [0, 0.05) is 17.5 Å². The third-order valence-electron chi connectivity index (χ3n) is 4.32. The highest BCUT2D eigenvalue weighted by molar-refractivity contribution is 7.99. The van der Waals surface area contributed by atoms with Crippen LogP contribution in [0.2, 0.25) is 0 Å². The van der Waals surface area contributed by atoms with E-state index in [1.54, 1.807) is 23.9 Å². The first-order valence-corrected chi connectivity index (χ1v) is 8.99. The number of rotatable bonds is 6. The Morgan fingerprint density at radius 3 is 2.73 bits per heavy atom. The number of primary amides is 1. The predicted octanol–water partition coefficient (Wildman–Crippen LogP) is 4.27. The van der Waals surface area contributed by atoms with E-state index in [0.717, 1.165) is 35.8 Å². The van der Waals surface area contributed by atoms with Crippen molar-refractivity contribution in [3.8, 4) is 0 Å². The van der Waals surface area contributed by atoms with E-state index in [-0.39, 0.29) is 11.8 Å². The monoisotopic (exact) mass is 324 g/mol. The molecule has 1 saturated carbocycles. The second kappa shape index (κ2) is 8.42. The molecular weight excluding hydrogens is 299 g/mol. The van der Waals surface area contributed by atoms with Crippen LogP contribution < -0.4 is 5.73 Å². The minimum Gasteiger partial charge on any atom is -0.351 e. The summed E-state index contributed by atoms with van der Waals surface area (Å²) in [7, 11) is 0. The molecule has 0 spiro atoms. The number of hydrogen-bond acceptors (Lipinski definition) is 2. The highest BCUT2D eigenvalue weighted by Gasteiger charge is 2.25. The average Bonchev–Trinajstić information content (AvgIpc) is 2.48. The number of carbonyl (C=O) groups excluding carboxylic acids is 1. The molecule has 1 fully saturated rings. The van der Waals surface area contributed by atoms with Crippen LogP contribution in [0.1, 0.15) is 39.0 Å². The molecule has 0 atom stereocenters. The lowest BCUT2D eigenvalue weighted by molar-refractivity contribution is 0.153. The minimum atomic E-state index is -0.310. The summed E-state index contributed by atoms with van der Waals surface area (Å²) >= 11 is 1.62. The molecule has 0 aromatic heterocycles. The Balaban J connectivity index is 1.76. The smallest absolute Gasteiger partial charge is 0.315 e. The first-order chi connectivity index (χ1) is 10.6. The molecule has 2 amide bonds. The number of hydrogen-bond donors (Lipinski definition) is 1. The van der Waals surface area contributed by atoms with Crippen molar-refractivity contribution in [2.24, 2.45) is 11.7 Å². The fourth-order valence-electron chi connectivity index (χ4n) is 3.01. The van der Waals surface area contributed by atoms with Crippen molar-refractivity contribution in [3.05, 3.63) is 30.1 Å². The van der Waals surface area contributed by atoms with Gasteiger partial charge in [0.1, 0.15) is 5.82 Å². The summed E-state index contributed by atoms with van der Waals surface area (Å²) in [5.41, 5.74) is 5.55. The lowest BCUT2D eigenvalue weighted by atomic mass is 9.86. The predicted molar refractivity (Wildman–Crippen MR) is 89.5 cm³/mol. The minimum absolute atomic E-state index is 0.208. The van der Waals surface area contributed by atoms with Gasteiger partial charge < -0.3 is 10.6 Å². The van der Waals surface area contributed by atoms with Gasteiger partial charge in [-0.05, 0) is 62.0 Å². The van der Waals surface area contributed by atoms with Crippen LogP contribution in [0.4, 0.5) is 9.18 Å². The standard InChI is InChI=1S/C17H25FN2OS/c1-13-6-8-15(9-7-13)20(17(19)21)10-3-11-22-16-5-2-4-14(18)12-16/h2,4-5,12-13,15H,3,6-11H2,1H3,(H2,19,21). The van der Waals surface area contributed by atoms with E-state index in [4.69, 9.17) is 5.73 Å². The number of halogens is 1. The van der Waals surface area contributed by atoms with Crippen LogP contribution >= 0.6 is 11.8 Å². The first kappa shape index (κ1) is 17.1. The van der Waals surface area contributed by atoms with Crippen molar-refractivity contribution in [2.75, 3.05) is 12.3 Å². The van der Waals surface area contributed by atoms with Gasteiger partial charge in [0.25, 0.3) is 0 Å². The zero-order valence-corrected chi connectivity index (χ0v) is 13.9. The second-order valence-corrected chi connectivity index (χ2v) is 7.27. The summed E-state index contributed by atoms with van der Waals surface area (Å²) in [4.78, 5) is 14.4. The molecule has 0 radical (unpaired) electrons. The Hall–Kier alpha value is -1.23. The first-order valence-electron chi connectivity index (χ1n) is 8.00. The van der Waals surface area contributed by atoms with Crippen LogP contribution in [0.25, 0.3) is 0 Å². The van der Waals surface area contributed by atoms with Gasteiger partial charge in [0.2, 0.25) is 0 Å². The number of nitrogens with zero attached hydrogens (tertiary/aromatic N) is 1. The maximum atomic E-state index is 13.1. The SMILES string of the molecule is CC1CCC(N(CCCSc2cccc(F)c2)C(N)=O)CC1. The lowest BCUT2D eigenvalue weighted by Crippen LogP contribution is -2.45. The van der Waals surface area contributed by atoms with Crippen molar-refractivity contribution in [3.63, 3.8) is 0 Å². The van der Waals surface area contributed by atoms with E-state index in [9.17, 15) is 9.18 Å². The molecule has 2 rings (SSSR count). The molecule has 0 unspecified atom stereocenters. The van der Waals surface area contributed by atoms with Gasteiger partial charge in [-0.1, -0.05) is 13.0 Å². The van der Waals surface area contributed by atoms with Crippen molar-refractivity contribution >= 4 is 17.8 Å². The van der Waals surface area contributed by atoms with Gasteiger partial charge in [0.05, 0.1) is 0 Å². The fraction of sp³-hybridized carbons (Fsp3) is 0.588. The molecule has 0 bridgehead atoms. The molecule has 22 heavy (non-hydrogen) atoms. The Kier molecular flexibility index (Phi) is 6.55. The quantitative estimate of drug-likeness (QED) is 0.627.